The minimum Gasteiger partial charge on any atom is -0.348 e. The first-order valence-corrected chi connectivity index (χ1v) is 7.26. The number of carbonyl (C=O) groups is 1. The number of nitrogens with zero attached hydrogens (tertiary/aromatic N) is 2. The van der Waals surface area contributed by atoms with E-state index in [0.29, 0.717) is 12.0 Å². The Hall–Kier alpha value is -1.88. The van der Waals surface area contributed by atoms with Gasteiger partial charge in [-0.15, -0.1) is 0 Å². The number of aromatic amines is 1. The molecule has 3 fully saturated rings. The standard InChI is InChI=1S/C15H18N4O/c20-15(11-1-2-13-12(7-11)8-16-18-13)17-14-9-19-5-3-10(14)4-6-19/h1-2,7-8,10,14H,3-6,9H2,(H,16,18)(H,17,20)/t14-/m1/s1. The maximum Gasteiger partial charge on any atom is 0.251 e. The number of benzene rings is 1. The molecule has 0 unspecified atom stereocenters. The molecule has 1 atom stereocenters. The molecule has 5 heteroatoms. The number of H-pyrrole nitrogens is 1. The molecular formula is C15H18N4O. The SMILES string of the molecule is O=C(N[C@@H]1CN2CCC1CC2)c1ccc2[nH]ncc2c1. The van der Waals surface area contributed by atoms with Gasteiger partial charge in [0.05, 0.1) is 11.7 Å². The molecule has 20 heavy (non-hydrogen) atoms. The smallest absolute Gasteiger partial charge is 0.251 e. The quantitative estimate of drug-likeness (QED) is 0.867. The second kappa shape index (κ2) is 4.59. The van der Waals surface area contributed by atoms with E-state index in [0.717, 1.165) is 23.0 Å². The second-order valence-corrected chi connectivity index (χ2v) is 5.89. The van der Waals surface area contributed by atoms with Crippen molar-refractivity contribution in [3.63, 3.8) is 0 Å². The summed E-state index contributed by atoms with van der Waals surface area (Å²) in [7, 11) is 0. The number of carbonyl (C=O) groups excluding carboxylic acids is 1. The van der Waals surface area contributed by atoms with Crippen LogP contribution in [0.2, 0.25) is 0 Å². The first-order chi connectivity index (χ1) is 9.79. The molecule has 1 aromatic heterocycles. The number of hydrogen-bond donors (Lipinski definition) is 2. The molecule has 1 aromatic carbocycles. The minimum atomic E-state index is 0.0341. The summed E-state index contributed by atoms with van der Waals surface area (Å²) < 4.78 is 0. The van der Waals surface area contributed by atoms with E-state index in [1.807, 2.05) is 18.2 Å². The van der Waals surface area contributed by atoms with Crippen LogP contribution >= 0.6 is 0 Å². The summed E-state index contributed by atoms with van der Waals surface area (Å²) in [5.74, 6) is 0.688. The van der Waals surface area contributed by atoms with E-state index < -0.39 is 0 Å². The van der Waals surface area contributed by atoms with Gasteiger partial charge in [0, 0.05) is 23.5 Å². The Balaban J connectivity index is 1.52. The topological polar surface area (TPSA) is 61.0 Å². The molecule has 0 spiro atoms. The van der Waals surface area contributed by atoms with Gasteiger partial charge in [-0.3, -0.25) is 9.89 Å². The monoisotopic (exact) mass is 270 g/mol. The highest BCUT2D eigenvalue weighted by molar-refractivity contribution is 5.98. The molecule has 2 aromatic rings. The third kappa shape index (κ3) is 1.98. The van der Waals surface area contributed by atoms with Crippen LogP contribution in [-0.2, 0) is 0 Å². The van der Waals surface area contributed by atoms with E-state index in [1.165, 1.54) is 25.9 Å². The molecule has 3 aliphatic heterocycles. The summed E-state index contributed by atoms with van der Waals surface area (Å²) in [5.41, 5.74) is 1.68. The van der Waals surface area contributed by atoms with Gasteiger partial charge in [0.2, 0.25) is 0 Å². The maximum absolute atomic E-state index is 12.4. The van der Waals surface area contributed by atoms with Crippen molar-refractivity contribution in [2.45, 2.75) is 18.9 Å². The Bertz CT molecular complexity index is 642. The second-order valence-electron chi connectivity index (χ2n) is 5.89. The van der Waals surface area contributed by atoms with Crippen molar-refractivity contribution in [3.05, 3.63) is 30.0 Å². The van der Waals surface area contributed by atoms with Crippen molar-refractivity contribution in [1.29, 1.82) is 0 Å². The van der Waals surface area contributed by atoms with Crippen molar-refractivity contribution < 1.29 is 4.79 Å². The molecule has 5 rings (SSSR count). The molecule has 2 bridgehead atoms. The third-order valence-electron chi connectivity index (χ3n) is 4.68. The first kappa shape index (κ1) is 11.9. The minimum absolute atomic E-state index is 0.0341. The van der Waals surface area contributed by atoms with Crippen molar-refractivity contribution in [1.82, 2.24) is 20.4 Å². The number of fused-ring (bicyclic) bond motifs is 4. The molecule has 0 radical (unpaired) electrons. The summed E-state index contributed by atoms with van der Waals surface area (Å²) in [5, 5.41) is 11.1. The van der Waals surface area contributed by atoms with Gasteiger partial charge in [-0.1, -0.05) is 0 Å². The van der Waals surface area contributed by atoms with Gasteiger partial charge in [0.1, 0.15) is 0 Å². The van der Waals surface area contributed by atoms with Crippen LogP contribution in [0.3, 0.4) is 0 Å². The molecule has 2 N–H and O–H groups in total. The van der Waals surface area contributed by atoms with Gasteiger partial charge in [0.25, 0.3) is 5.91 Å². The number of rotatable bonds is 2. The molecule has 1 amide bonds. The van der Waals surface area contributed by atoms with Crippen molar-refractivity contribution in [2.75, 3.05) is 19.6 Å². The molecule has 0 aliphatic carbocycles. The number of hydrogen-bond acceptors (Lipinski definition) is 3. The van der Waals surface area contributed by atoms with E-state index in [-0.39, 0.29) is 5.91 Å². The average molecular weight is 270 g/mol. The first-order valence-electron chi connectivity index (χ1n) is 7.26. The van der Waals surface area contributed by atoms with Crippen molar-refractivity contribution >= 4 is 16.8 Å². The zero-order chi connectivity index (χ0) is 13.5. The number of nitrogens with one attached hydrogen (secondary N) is 2. The normalized spacial score (nSPS) is 28.7. The highest BCUT2D eigenvalue weighted by Gasteiger charge is 2.34. The fourth-order valence-electron chi connectivity index (χ4n) is 3.46. The highest BCUT2D eigenvalue weighted by Crippen LogP contribution is 2.27. The Morgan fingerprint density at radius 1 is 1.35 bits per heavy atom. The maximum atomic E-state index is 12.4. The zero-order valence-electron chi connectivity index (χ0n) is 11.3. The van der Waals surface area contributed by atoms with Crippen molar-refractivity contribution in [3.8, 4) is 0 Å². The van der Waals surface area contributed by atoms with E-state index in [1.54, 1.807) is 6.20 Å². The van der Waals surface area contributed by atoms with Gasteiger partial charge in [-0.05, 0) is 50.0 Å². The number of aromatic nitrogens is 2. The van der Waals surface area contributed by atoms with Gasteiger partial charge in [-0.2, -0.15) is 5.10 Å². The fourth-order valence-corrected chi connectivity index (χ4v) is 3.46. The summed E-state index contributed by atoms with van der Waals surface area (Å²) >= 11 is 0. The van der Waals surface area contributed by atoms with E-state index in [4.69, 9.17) is 0 Å². The van der Waals surface area contributed by atoms with E-state index in [9.17, 15) is 4.79 Å². The van der Waals surface area contributed by atoms with Crippen LogP contribution in [0, 0.1) is 5.92 Å². The Morgan fingerprint density at radius 2 is 2.20 bits per heavy atom. The Kier molecular flexibility index (Phi) is 2.73. The van der Waals surface area contributed by atoms with Crippen LogP contribution in [0.5, 0.6) is 0 Å². The molecule has 3 aliphatic rings. The van der Waals surface area contributed by atoms with Gasteiger partial charge in [-0.25, -0.2) is 0 Å². The average Bonchev–Trinajstić information content (AvgIpc) is 2.96. The van der Waals surface area contributed by atoms with Gasteiger partial charge >= 0.3 is 0 Å². The zero-order valence-corrected chi connectivity index (χ0v) is 11.3. The van der Waals surface area contributed by atoms with Gasteiger partial charge in [0.15, 0.2) is 0 Å². The Morgan fingerprint density at radius 3 is 2.95 bits per heavy atom. The molecule has 4 heterocycles. The van der Waals surface area contributed by atoms with Crippen molar-refractivity contribution in [2.24, 2.45) is 5.92 Å². The summed E-state index contributed by atoms with van der Waals surface area (Å²) in [6, 6.07) is 5.98. The molecular weight excluding hydrogens is 252 g/mol. The summed E-state index contributed by atoms with van der Waals surface area (Å²) in [6.07, 6.45) is 4.18. The van der Waals surface area contributed by atoms with Crippen LogP contribution in [0.1, 0.15) is 23.2 Å². The number of piperidine rings is 3. The highest BCUT2D eigenvalue weighted by atomic mass is 16.1. The van der Waals surface area contributed by atoms with Gasteiger partial charge < -0.3 is 10.2 Å². The van der Waals surface area contributed by atoms with Crippen LogP contribution < -0.4 is 5.32 Å². The van der Waals surface area contributed by atoms with E-state index in [2.05, 4.69) is 20.4 Å². The summed E-state index contributed by atoms with van der Waals surface area (Å²) in [6.45, 7) is 3.39. The predicted molar refractivity (Wildman–Crippen MR) is 76.5 cm³/mol. The third-order valence-corrected chi connectivity index (χ3v) is 4.68. The lowest BCUT2D eigenvalue weighted by molar-refractivity contribution is 0.0620. The van der Waals surface area contributed by atoms with Crippen LogP contribution in [-0.4, -0.2) is 46.7 Å². The fraction of sp³-hybridized carbons (Fsp3) is 0.467. The molecule has 104 valence electrons. The largest absolute Gasteiger partial charge is 0.348 e. The lowest BCUT2D eigenvalue weighted by Gasteiger charge is -2.44. The lowest BCUT2D eigenvalue weighted by atomic mass is 9.84. The molecule has 0 saturated carbocycles. The lowest BCUT2D eigenvalue weighted by Crippen LogP contribution is -2.57. The van der Waals surface area contributed by atoms with E-state index >= 15 is 0 Å². The van der Waals surface area contributed by atoms with Crippen LogP contribution in [0.15, 0.2) is 24.4 Å². The predicted octanol–water partition coefficient (Wildman–Crippen LogP) is 1.39. The Labute approximate surface area is 117 Å². The van der Waals surface area contributed by atoms with Crippen LogP contribution in [0.4, 0.5) is 0 Å². The molecule has 3 saturated heterocycles. The molecule has 5 nitrogen and oxygen atoms in total. The summed E-state index contributed by atoms with van der Waals surface area (Å²) in [4.78, 5) is 14.8. The van der Waals surface area contributed by atoms with Crippen LogP contribution in [0.25, 0.3) is 10.9 Å². The number of amides is 1.